The molecule has 0 fully saturated rings. The van der Waals surface area contributed by atoms with E-state index in [4.69, 9.17) is 20.1 Å². The van der Waals surface area contributed by atoms with Gasteiger partial charge in [0, 0.05) is 33.6 Å². The van der Waals surface area contributed by atoms with Crippen molar-refractivity contribution < 1.29 is 38.2 Å². The van der Waals surface area contributed by atoms with E-state index in [9.17, 15) is 19.2 Å². The molecule has 9 nitrogen and oxygen atoms in total. The van der Waals surface area contributed by atoms with E-state index < -0.39 is 36.2 Å². The Morgan fingerprint density at radius 2 is 1.64 bits per heavy atom. The number of esters is 3. The summed E-state index contributed by atoms with van der Waals surface area (Å²) in [7, 11) is 0. The summed E-state index contributed by atoms with van der Waals surface area (Å²) in [5.74, 6) is 2.86. The largest absolute Gasteiger partial charge is 0.458 e. The van der Waals surface area contributed by atoms with Crippen molar-refractivity contribution in [2.75, 3.05) is 6.61 Å². The van der Waals surface area contributed by atoms with Crippen LogP contribution in [0.2, 0.25) is 0 Å². The summed E-state index contributed by atoms with van der Waals surface area (Å²) in [6, 6.07) is 0. The van der Waals surface area contributed by atoms with Gasteiger partial charge in [-0.3, -0.25) is 19.2 Å². The molecule has 1 aliphatic carbocycles. The molecule has 0 aromatic carbocycles. The minimum Gasteiger partial charge on any atom is -0.458 e. The molecule has 0 aliphatic heterocycles. The molecule has 0 radical (unpaired) electrons. The normalized spacial score (nSPS) is 22.6. The van der Waals surface area contributed by atoms with Gasteiger partial charge in [0.25, 0.3) is 0 Å². The van der Waals surface area contributed by atoms with Crippen LogP contribution in [0.4, 0.5) is 0 Å². The lowest BCUT2D eigenvalue weighted by atomic mass is 9.88. The number of carbonyl (C=O) groups excluding carboxylic acids is 4. The van der Waals surface area contributed by atoms with Crippen LogP contribution in [-0.4, -0.2) is 48.6 Å². The summed E-state index contributed by atoms with van der Waals surface area (Å²) in [6.07, 6.45) is -0.908. The molecule has 3 atom stereocenters. The lowest BCUT2D eigenvalue weighted by Gasteiger charge is -2.34. The van der Waals surface area contributed by atoms with Crippen molar-refractivity contribution >= 4 is 23.7 Å². The summed E-state index contributed by atoms with van der Waals surface area (Å²) in [5.41, 5.74) is 0.331. The van der Waals surface area contributed by atoms with Gasteiger partial charge < -0.3 is 19.0 Å². The van der Waals surface area contributed by atoms with Crippen LogP contribution in [0.3, 0.4) is 0 Å². The molecule has 140 valence electrons. The van der Waals surface area contributed by atoms with Crippen LogP contribution < -0.4 is 5.90 Å². The van der Waals surface area contributed by atoms with Crippen molar-refractivity contribution in [1.82, 2.24) is 0 Å². The molecule has 0 amide bonds. The third kappa shape index (κ3) is 7.02. The fraction of sp³-hybridized carbons (Fsp3) is 0.625. The molecule has 1 rings (SSSR count). The highest BCUT2D eigenvalue weighted by Gasteiger charge is 2.41. The molecule has 1 aliphatic rings. The highest BCUT2D eigenvalue weighted by atomic mass is 16.6. The highest BCUT2D eigenvalue weighted by Crippen LogP contribution is 2.28. The number of hydrogen-bond acceptors (Lipinski definition) is 9. The SMILES string of the molecule is CC(=O)O[C@@H]1[C@H](OC(C)=O)C=C(C(=O)CCCON)C[C@H]1OC(C)=O. The second-order valence-electron chi connectivity index (χ2n) is 5.59. The Hall–Kier alpha value is -2.26. The van der Waals surface area contributed by atoms with Gasteiger partial charge in [0.05, 0.1) is 6.61 Å². The molecule has 0 spiro atoms. The van der Waals surface area contributed by atoms with Crippen molar-refractivity contribution in [3.63, 3.8) is 0 Å². The zero-order valence-electron chi connectivity index (χ0n) is 14.5. The average molecular weight is 357 g/mol. The molecule has 9 heteroatoms. The predicted octanol–water partition coefficient (Wildman–Crippen LogP) is 0.351. The monoisotopic (exact) mass is 357 g/mol. The van der Waals surface area contributed by atoms with E-state index in [1.165, 1.54) is 26.8 Å². The van der Waals surface area contributed by atoms with Crippen LogP contribution in [0.25, 0.3) is 0 Å². The fourth-order valence-electron chi connectivity index (χ4n) is 2.54. The number of ether oxygens (including phenoxy) is 3. The zero-order valence-corrected chi connectivity index (χ0v) is 14.5. The van der Waals surface area contributed by atoms with E-state index in [1.807, 2.05) is 0 Å². The number of Topliss-reactive ketones (excluding diaryl/α,β-unsaturated/α-hetero) is 1. The molecule has 25 heavy (non-hydrogen) atoms. The summed E-state index contributed by atoms with van der Waals surface area (Å²) < 4.78 is 15.5. The first-order valence-corrected chi connectivity index (χ1v) is 7.81. The Kier molecular flexibility index (Phi) is 8.23. The van der Waals surface area contributed by atoms with Crippen LogP contribution in [0, 0.1) is 0 Å². The van der Waals surface area contributed by atoms with Crippen LogP contribution >= 0.6 is 0 Å². The van der Waals surface area contributed by atoms with Crippen molar-refractivity contribution in [3.8, 4) is 0 Å². The molecular weight excluding hydrogens is 334 g/mol. The van der Waals surface area contributed by atoms with Gasteiger partial charge in [0.1, 0.15) is 6.10 Å². The van der Waals surface area contributed by atoms with E-state index in [-0.39, 0.29) is 25.2 Å². The van der Waals surface area contributed by atoms with Crippen molar-refractivity contribution in [2.45, 2.75) is 58.3 Å². The minimum atomic E-state index is -1.02. The Labute approximate surface area is 145 Å². The smallest absolute Gasteiger partial charge is 0.303 e. The number of ketones is 1. The summed E-state index contributed by atoms with van der Waals surface area (Å²) in [6.45, 7) is 3.79. The molecule has 0 bridgehead atoms. The quantitative estimate of drug-likeness (QED) is 0.283. The third-order valence-electron chi connectivity index (χ3n) is 3.42. The average Bonchev–Trinajstić information content (AvgIpc) is 2.48. The molecule has 0 saturated carbocycles. The molecule has 0 heterocycles. The lowest BCUT2D eigenvalue weighted by molar-refractivity contribution is -0.180. The zero-order chi connectivity index (χ0) is 19.0. The standard InChI is InChI=1S/C16H23NO8/c1-9(18)23-14-7-12(13(21)5-4-6-22-17)8-15(24-10(2)19)16(14)25-11(3)20/h7,14-16H,4-6,8,17H2,1-3H3/t14-,15-,16-/m1/s1. The maximum Gasteiger partial charge on any atom is 0.303 e. The Morgan fingerprint density at radius 3 is 2.16 bits per heavy atom. The van der Waals surface area contributed by atoms with Crippen LogP contribution in [0.15, 0.2) is 11.6 Å². The third-order valence-corrected chi connectivity index (χ3v) is 3.42. The summed E-state index contributed by atoms with van der Waals surface area (Å²) >= 11 is 0. The molecule has 0 unspecified atom stereocenters. The second-order valence-corrected chi connectivity index (χ2v) is 5.59. The Balaban J connectivity index is 3.06. The Morgan fingerprint density at radius 1 is 1.04 bits per heavy atom. The summed E-state index contributed by atoms with van der Waals surface area (Å²) in [4.78, 5) is 50.8. The maximum absolute atomic E-state index is 12.3. The van der Waals surface area contributed by atoms with E-state index in [0.717, 1.165) is 0 Å². The maximum atomic E-state index is 12.3. The van der Waals surface area contributed by atoms with Gasteiger partial charge in [0.2, 0.25) is 0 Å². The minimum absolute atomic E-state index is 0.0532. The van der Waals surface area contributed by atoms with E-state index in [2.05, 4.69) is 4.84 Å². The number of hydrogen-bond donors (Lipinski definition) is 1. The molecule has 2 N–H and O–H groups in total. The van der Waals surface area contributed by atoms with E-state index >= 15 is 0 Å². The first-order valence-electron chi connectivity index (χ1n) is 7.81. The molecular formula is C16H23NO8. The van der Waals surface area contributed by atoms with Gasteiger partial charge in [-0.1, -0.05) is 0 Å². The number of carbonyl (C=O) groups is 4. The van der Waals surface area contributed by atoms with Crippen LogP contribution in [0.5, 0.6) is 0 Å². The lowest BCUT2D eigenvalue weighted by Crippen LogP contribution is -2.47. The van der Waals surface area contributed by atoms with Crippen LogP contribution in [0.1, 0.15) is 40.0 Å². The van der Waals surface area contributed by atoms with Gasteiger partial charge in [-0.05, 0) is 18.1 Å². The van der Waals surface area contributed by atoms with Gasteiger partial charge in [-0.15, -0.1) is 0 Å². The summed E-state index contributed by atoms with van der Waals surface area (Å²) in [5, 5.41) is 0. The molecule has 0 aromatic heterocycles. The molecule has 0 aromatic rings. The van der Waals surface area contributed by atoms with Crippen molar-refractivity contribution in [3.05, 3.63) is 11.6 Å². The van der Waals surface area contributed by atoms with E-state index in [1.54, 1.807) is 0 Å². The van der Waals surface area contributed by atoms with Crippen LogP contribution in [-0.2, 0) is 38.2 Å². The second kappa shape index (κ2) is 9.90. The van der Waals surface area contributed by atoms with Gasteiger partial charge >= 0.3 is 17.9 Å². The highest BCUT2D eigenvalue weighted by molar-refractivity contribution is 5.95. The first kappa shape index (κ1) is 20.8. The first-order chi connectivity index (χ1) is 11.7. The number of rotatable bonds is 8. The van der Waals surface area contributed by atoms with Crippen molar-refractivity contribution in [2.24, 2.45) is 5.90 Å². The topological polar surface area (TPSA) is 131 Å². The van der Waals surface area contributed by atoms with Gasteiger partial charge in [-0.2, -0.15) is 0 Å². The predicted molar refractivity (Wildman–Crippen MR) is 83.7 cm³/mol. The van der Waals surface area contributed by atoms with Crippen molar-refractivity contribution in [1.29, 1.82) is 0 Å². The molecule has 0 saturated heterocycles. The van der Waals surface area contributed by atoms with Gasteiger partial charge in [-0.25, -0.2) is 5.90 Å². The number of nitrogens with two attached hydrogens (primary N) is 1. The van der Waals surface area contributed by atoms with Gasteiger partial charge in [0.15, 0.2) is 18.0 Å². The fourth-order valence-corrected chi connectivity index (χ4v) is 2.54. The Bertz CT molecular complexity index is 556. The van der Waals surface area contributed by atoms with E-state index in [0.29, 0.717) is 12.0 Å².